The van der Waals surface area contributed by atoms with Crippen molar-refractivity contribution in [1.82, 2.24) is 0 Å². The minimum Gasteiger partial charge on any atom is -0.403 e. The number of rotatable bonds is 8. The number of alkyl halides is 3. The van der Waals surface area contributed by atoms with Gasteiger partial charge >= 0.3 is 6.36 Å². The van der Waals surface area contributed by atoms with Crippen molar-refractivity contribution in [3.05, 3.63) is 35.7 Å². The molecule has 1 nitrogen and oxygen atoms in total. The van der Waals surface area contributed by atoms with Crippen LogP contribution in [0.3, 0.4) is 0 Å². The maximum Gasteiger partial charge on any atom is 0.573 e. The third kappa shape index (κ3) is 7.52. The van der Waals surface area contributed by atoms with Gasteiger partial charge in [0.25, 0.3) is 0 Å². The Morgan fingerprint density at radius 1 is 0.938 bits per heavy atom. The van der Waals surface area contributed by atoms with E-state index in [9.17, 15) is 17.6 Å². The molecule has 2 aliphatic carbocycles. The fourth-order valence-electron chi connectivity index (χ4n) is 5.91. The Bertz CT molecular complexity index is 739. The highest BCUT2D eigenvalue weighted by Gasteiger charge is 2.32. The molecule has 0 saturated heterocycles. The SMILES string of the molecule is CCCC1CCC(C2CCC(CC/C=C(\C)c3ccc(OC(F)(F)F)c(F)c3)CC2)CC1. The fourth-order valence-corrected chi connectivity index (χ4v) is 5.91. The van der Waals surface area contributed by atoms with Crippen LogP contribution in [-0.4, -0.2) is 6.36 Å². The van der Waals surface area contributed by atoms with Crippen LogP contribution in [0.2, 0.25) is 0 Å². The van der Waals surface area contributed by atoms with Crippen LogP contribution in [0.1, 0.15) is 96.5 Å². The molecular formula is C27H38F4O. The Hall–Kier alpha value is -1.52. The van der Waals surface area contributed by atoms with E-state index in [1.807, 2.05) is 6.92 Å². The maximum atomic E-state index is 14.0. The molecule has 0 amide bonds. The van der Waals surface area contributed by atoms with E-state index in [1.54, 1.807) is 0 Å². The molecule has 0 aromatic heterocycles. The zero-order chi connectivity index (χ0) is 23.1. The summed E-state index contributed by atoms with van der Waals surface area (Å²) in [5, 5.41) is 0. The van der Waals surface area contributed by atoms with Gasteiger partial charge in [0, 0.05) is 0 Å². The molecule has 180 valence electrons. The van der Waals surface area contributed by atoms with Gasteiger partial charge in [-0.05, 0) is 92.4 Å². The molecule has 0 bridgehead atoms. The number of benzene rings is 1. The van der Waals surface area contributed by atoms with Crippen molar-refractivity contribution in [2.75, 3.05) is 0 Å². The molecule has 0 aliphatic heterocycles. The summed E-state index contributed by atoms with van der Waals surface area (Å²) in [6.07, 6.45) is 13.1. The molecule has 5 heteroatoms. The highest BCUT2D eigenvalue weighted by Crippen LogP contribution is 2.43. The van der Waals surface area contributed by atoms with Gasteiger partial charge in [-0.1, -0.05) is 57.6 Å². The summed E-state index contributed by atoms with van der Waals surface area (Å²) in [5.41, 5.74) is 1.49. The van der Waals surface area contributed by atoms with E-state index >= 15 is 0 Å². The third-order valence-electron chi connectivity index (χ3n) is 7.78. The second-order valence-electron chi connectivity index (χ2n) is 10.0. The Balaban J connectivity index is 1.41. The van der Waals surface area contributed by atoms with Crippen LogP contribution >= 0.6 is 0 Å². The van der Waals surface area contributed by atoms with Gasteiger partial charge in [-0.2, -0.15) is 0 Å². The average Bonchev–Trinajstić information content (AvgIpc) is 2.75. The van der Waals surface area contributed by atoms with E-state index in [0.29, 0.717) is 5.56 Å². The molecule has 2 fully saturated rings. The Labute approximate surface area is 190 Å². The van der Waals surface area contributed by atoms with Gasteiger partial charge in [0.15, 0.2) is 11.6 Å². The number of ether oxygens (including phenoxy) is 1. The first-order valence-corrected chi connectivity index (χ1v) is 12.5. The molecule has 0 spiro atoms. The van der Waals surface area contributed by atoms with E-state index in [1.165, 1.54) is 70.3 Å². The zero-order valence-electron chi connectivity index (χ0n) is 19.5. The molecule has 32 heavy (non-hydrogen) atoms. The highest BCUT2D eigenvalue weighted by molar-refractivity contribution is 5.64. The standard InChI is InChI=1S/C27H38F4O/c1-3-5-20-8-12-22(13-9-20)23-14-10-21(11-15-23)7-4-6-19(2)24-16-17-26(25(28)18-24)32-27(29,30)31/h6,16-18,20-23H,3-5,7-15H2,1-2H3/b19-6+. The van der Waals surface area contributed by atoms with E-state index in [0.717, 1.165) is 54.2 Å². The van der Waals surface area contributed by atoms with Crippen molar-refractivity contribution in [2.24, 2.45) is 23.7 Å². The van der Waals surface area contributed by atoms with Crippen LogP contribution in [0, 0.1) is 29.5 Å². The summed E-state index contributed by atoms with van der Waals surface area (Å²) in [7, 11) is 0. The predicted octanol–water partition coefficient (Wildman–Crippen LogP) is 9.32. The lowest BCUT2D eigenvalue weighted by Crippen LogP contribution is -2.25. The predicted molar refractivity (Wildman–Crippen MR) is 122 cm³/mol. The van der Waals surface area contributed by atoms with E-state index in [4.69, 9.17) is 0 Å². The van der Waals surface area contributed by atoms with Crippen molar-refractivity contribution < 1.29 is 22.3 Å². The van der Waals surface area contributed by atoms with Gasteiger partial charge in [0.05, 0.1) is 0 Å². The van der Waals surface area contributed by atoms with Gasteiger partial charge in [-0.3, -0.25) is 0 Å². The quantitative estimate of drug-likeness (QED) is 0.356. The van der Waals surface area contributed by atoms with Gasteiger partial charge in [0.2, 0.25) is 0 Å². The first-order valence-electron chi connectivity index (χ1n) is 12.5. The summed E-state index contributed by atoms with van der Waals surface area (Å²) in [6.45, 7) is 4.18. The molecule has 2 saturated carbocycles. The van der Waals surface area contributed by atoms with Crippen LogP contribution in [0.4, 0.5) is 17.6 Å². The molecule has 2 aliphatic rings. The summed E-state index contributed by atoms with van der Waals surface area (Å²) in [4.78, 5) is 0. The Kier molecular flexibility index (Phi) is 9.07. The van der Waals surface area contributed by atoms with Crippen molar-refractivity contribution in [1.29, 1.82) is 0 Å². The monoisotopic (exact) mass is 454 g/mol. The lowest BCUT2D eigenvalue weighted by molar-refractivity contribution is -0.275. The van der Waals surface area contributed by atoms with Crippen molar-refractivity contribution in [3.63, 3.8) is 0 Å². The number of allylic oxidation sites excluding steroid dienone is 2. The second kappa shape index (κ2) is 11.6. The van der Waals surface area contributed by atoms with E-state index in [-0.39, 0.29) is 0 Å². The largest absolute Gasteiger partial charge is 0.573 e. The third-order valence-corrected chi connectivity index (χ3v) is 7.78. The minimum absolute atomic E-state index is 0.597. The van der Waals surface area contributed by atoms with Gasteiger partial charge in [-0.15, -0.1) is 13.2 Å². The lowest BCUT2D eigenvalue weighted by atomic mass is 9.68. The molecule has 0 heterocycles. The van der Waals surface area contributed by atoms with Crippen LogP contribution in [0.25, 0.3) is 5.57 Å². The molecule has 0 N–H and O–H groups in total. The zero-order valence-corrected chi connectivity index (χ0v) is 19.5. The topological polar surface area (TPSA) is 9.23 Å². The summed E-state index contributed by atoms with van der Waals surface area (Å²) in [5.74, 6) is 1.83. The van der Waals surface area contributed by atoms with Crippen LogP contribution in [0.5, 0.6) is 5.75 Å². The summed E-state index contributed by atoms with van der Waals surface area (Å²) >= 11 is 0. The van der Waals surface area contributed by atoms with Crippen LogP contribution in [0.15, 0.2) is 24.3 Å². The van der Waals surface area contributed by atoms with Crippen LogP contribution < -0.4 is 4.74 Å². The molecule has 0 atom stereocenters. The molecule has 1 aromatic carbocycles. The number of hydrogen-bond acceptors (Lipinski definition) is 1. The van der Waals surface area contributed by atoms with Gasteiger partial charge in [0.1, 0.15) is 0 Å². The number of hydrogen-bond donors (Lipinski definition) is 0. The number of halogens is 4. The lowest BCUT2D eigenvalue weighted by Gasteiger charge is -2.38. The highest BCUT2D eigenvalue weighted by atomic mass is 19.4. The van der Waals surface area contributed by atoms with Gasteiger partial charge < -0.3 is 4.74 Å². The minimum atomic E-state index is -4.89. The molecule has 1 aromatic rings. The fraction of sp³-hybridized carbons (Fsp3) is 0.704. The first-order chi connectivity index (χ1) is 15.2. The van der Waals surface area contributed by atoms with Gasteiger partial charge in [-0.25, -0.2) is 4.39 Å². The second-order valence-corrected chi connectivity index (χ2v) is 10.0. The first kappa shape index (κ1) is 25.1. The molecule has 0 unspecified atom stereocenters. The molecular weight excluding hydrogens is 416 g/mol. The van der Waals surface area contributed by atoms with Crippen LogP contribution in [-0.2, 0) is 0 Å². The Morgan fingerprint density at radius 3 is 2.00 bits per heavy atom. The maximum absolute atomic E-state index is 14.0. The van der Waals surface area contributed by atoms with Crippen molar-refractivity contribution in [2.45, 2.75) is 97.3 Å². The van der Waals surface area contributed by atoms with Crippen molar-refractivity contribution in [3.8, 4) is 5.75 Å². The van der Waals surface area contributed by atoms with E-state index < -0.39 is 17.9 Å². The Morgan fingerprint density at radius 2 is 1.50 bits per heavy atom. The summed E-state index contributed by atoms with van der Waals surface area (Å²) in [6, 6.07) is 3.65. The molecule has 3 rings (SSSR count). The summed E-state index contributed by atoms with van der Waals surface area (Å²) < 4.78 is 54.5. The average molecular weight is 455 g/mol. The van der Waals surface area contributed by atoms with Crippen molar-refractivity contribution >= 4 is 5.57 Å². The normalized spacial score (nSPS) is 27.4. The molecule has 0 radical (unpaired) electrons. The van der Waals surface area contributed by atoms with E-state index in [2.05, 4.69) is 17.7 Å². The smallest absolute Gasteiger partial charge is 0.403 e.